The first-order chi connectivity index (χ1) is 8.26. The van der Waals surface area contributed by atoms with Gasteiger partial charge in [0, 0.05) is 32.5 Å². The Balaban J connectivity index is 1.78. The van der Waals surface area contributed by atoms with Crippen molar-refractivity contribution >= 4 is 0 Å². The lowest BCUT2D eigenvalue weighted by molar-refractivity contribution is 0.170. The molecule has 0 spiro atoms. The van der Waals surface area contributed by atoms with Gasteiger partial charge in [-0.1, -0.05) is 6.07 Å². The van der Waals surface area contributed by atoms with Crippen molar-refractivity contribution in [1.82, 2.24) is 10.3 Å². The fraction of sp³-hybridized carbons (Fsp3) is 0.643. The molecule has 0 aliphatic heterocycles. The molecule has 1 aromatic rings. The molecule has 0 amide bonds. The highest BCUT2D eigenvalue weighted by atomic mass is 16.5. The number of aromatic nitrogens is 1. The van der Waals surface area contributed by atoms with Crippen molar-refractivity contribution in [2.45, 2.75) is 32.2 Å². The normalized spacial score (nSPS) is 18.9. The van der Waals surface area contributed by atoms with E-state index in [1.54, 1.807) is 7.11 Å². The smallest absolute Gasteiger partial charge is 0.0570 e. The lowest BCUT2D eigenvalue weighted by atomic mass is 10.0. The van der Waals surface area contributed by atoms with Gasteiger partial charge < -0.3 is 10.1 Å². The molecule has 3 heteroatoms. The molecule has 0 radical (unpaired) electrons. The van der Waals surface area contributed by atoms with Crippen LogP contribution in [0.25, 0.3) is 0 Å². The summed E-state index contributed by atoms with van der Waals surface area (Å²) in [6.45, 7) is 4.13. The van der Waals surface area contributed by atoms with Crippen molar-refractivity contribution in [2.24, 2.45) is 5.41 Å². The molecule has 1 aliphatic rings. The molecule has 1 unspecified atom stereocenters. The molecule has 0 bridgehead atoms. The highest BCUT2D eigenvalue weighted by Crippen LogP contribution is 2.48. The van der Waals surface area contributed by atoms with Crippen molar-refractivity contribution < 1.29 is 4.74 Å². The third-order valence-corrected chi connectivity index (χ3v) is 3.71. The maximum absolute atomic E-state index is 5.17. The molecule has 17 heavy (non-hydrogen) atoms. The Hall–Kier alpha value is -0.930. The van der Waals surface area contributed by atoms with Gasteiger partial charge >= 0.3 is 0 Å². The van der Waals surface area contributed by atoms with E-state index in [1.165, 1.54) is 19.3 Å². The Bertz CT molecular complexity index is 335. The van der Waals surface area contributed by atoms with Gasteiger partial charge in [-0.05, 0) is 43.7 Å². The van der Waals surface area contributed by atoms with Crippen molar-refractivity contribution in [3.05, 3.63) is 30.1 Å². The molecular formula is C14H22N2O. The van der Waals surface area contributed by atoms with Crippen LogP contribution in [0.4, 0.5) is 0 Å². The molecule has 0 aromatic carbocycles. The van der Waals surface area contributed by atoms with Crippen LogP contribution in [0.5, 0.6) is 0 Å². The van der Waals surface area contributed by atoms with Crippen LogP contribution in [-0.4, -0.2) is 25.2 Å². The van der Waals surface area contributed by atoms with E-state index in [4.69, 9.17) is 4.74 Å². The van der Waals surface area contributed by atoms with Crippen molar-refractivity contribution in [1.29, 1.82) is 0 Å². The van der Waals surface area contributed by atoms with E-state index in [1.807, 2.05) is 18.3 Å². The quantitative estimate of drug-likeness (QED) is 0.787. The molecule has 3 nitrogen and oxygen atoms in total. The van der Waals surface area contributed by atoms with Crippen molar-refractivity contribution in [3.8, 4) is 0 Å². The van der Waals surface area contributed by atoms with E-state index >= 15 is 0 Å². The third kappa shape index (κ3) is 3.51. The Morgan fingerprint density at radius 1 is 1.47 bits per heavy atom. The summed E-state index contributed by atoms with van der Waals surface area (Å²) < 4.78 is 5.17. The van der Waals surface area contributed by atoms with Crippen LogP contribution in [0.1, 0.15) is 37.9 Å². The van der Waals surface area contributed by atoms with Gasteiger partial charge in [0.1, 0.15) is 0 Å². The van der Waals surface area contributed by atoms with E-state index in [9.17, 15) is 0 Å². The van der Waals surface area contributed by atoms with Crippen molar-refractivity contribution in [2.75, 3.05) is 20.3 Å². The molecule has 1 N–H and O–H groups in total. The highest BCUT2D eigenvalue weighted by molar-refractivity contribution is 5.08. The molecule has 0 saturated heterocycles. The fourth-order valence-corrected chi connectivity index (χ4v) is 2.12. The molecular weight excluding hydrogens is 212 g/mol. The largest absolute Gasteiger partial charge is 0.385 e. The average molecular weight is 234 g/mol. The van der Waals surface area contributed by atoms with Gasteiger partial charge in [0.25, 0.3) is 0 Å². The highest BCUT2D eigenvalue weighted by Gasteiger charge is 2.41. The predicted octanol–water partition coefficient (Wildman–Crippen LogP) is 2.55. The zero-order chi connectivity index (χ0) is 12.1. The monoisotopic (exact) mass is 234 g/mol. The molecule has 1 atom stereocenters. The lowest BCUT2D eigenvalue weighted by Crippen LogP contribution is -2.28. The van der Waals surface area contributed by atoms with Gasteiger partial charge in [-0.15, -0.1) is 0 Å². The van der Waals surface area contributed by atoms with E-state index < -0.39 is 0 Å². The second-order valence-corrected chi connectivity index (χ2v) is 5.10. The molecule has 1 heterocycles. The minimum Gasteiger partial charge on any atom is -0.385 e. The number of nitrogens with zero attached hydrogens (tertiary/aromatic N) is 1. The van der Waals surface area contributed by atoms with Crippen molar-refractivity contribution in [3.63, 3.8) is 0 Å². The summed E-state index contributed by atoms with van der Waals surface area (Å²) in [4.78, 5) is 4.37. The number of methoxy groups -OCH3 is 1. The van der Waals surface area contributed by atoms with Gasteiger partial charge in [-0.3, -0.25) is 4.98 Å². The van der Waals surface area contributed by atoms with Crippen LogP contribution in [0.3, 0.4) is 0 Å². The zero-order valence-electron chi connectivity index (χ0n) is 10.8. The number of rotatable bonds is 7. The van der Waals surface area contributed by atoms with Gasteiger partial charge in [-0.25, -0.2) is 0 Å². The summed E-state index contributed by atoms with van der Waals surface area (Å²) in [5.41, 5.74) is 1.62. The van der Waals surface area contributed by atoms with Gasteiger partial charge in [0.2, 0.25) is 0 Å². The summed E-state index contributed by atoms with van der Waals surface area (Å²) in [7, 11) is 1.78. The molecule has 1 aliphatic carbocycles. The summed E-state index contributed by atoms with van der Waals surface area (Å²) in [5, 5.41) is 3.59. The predicted molar refractivity (Wildman–Crippen MR) is 68.8 cm³/mol. The Labute approximate surface area is 104 Å². The Morgan fingerprint density at radius 3 is 2.88 bits per heavy atom. The van der Waals surface area contributed by atoms with E-state index in [0.29, 0.717) is 11.5 Å². The Morgan fingerprint density at radius 2 is 2.29 bits per heavy atom. The number of pyridine rings is 1. The standard InChI is InChI=1S/C14H22N2O/c1-12(13-5-3-4-9-15-13)16-11-14(6-7-14)8-10-17-2/h3-5,9,12,16H,6-8,10-11H2,1-2H3. The van der Waals surface area contributed by atoms with Gasteiger partial charge in [0.15, 0.2) is 0 Å². The zero-order valence-corrected chi connectivity index (χ0v) is 10.8. The summed E-state index contributed by atoms with van der Waals surface area (Å²) >= 11 is 0. The second-order valence-electron chi connectivity index (χ2n) is 5.10. The number of hydrogen-bond donors (Lipinski definition) is 1. The molecule has 2 rings (SSSR count). The molecule has 1 aromatic heterocycles. The van der Waals surface area contributed by atoms with Crippen LogP contribution in [0.15, 0.2) is 24.4 Å². The molecule has 1 saturated carbocycles. The van der Waals surface area contributed by atoms with Crippen LogP contribution in [0, 0.1) is 5.41 Å². The molecule has 1 fully saturated rings. The van der Waals surface area contributed by atoms with Crippen LogP contribution in [-0.2, 0) is 4.74 Å². The SMILES string of the molecule is COCCC1(CNC(C)c2ccccn2)CC1. The van der Waals surface area contributed by atoms with E-state index in [-0.39, 0.29) is 0 Å². The first-order valence-corrected chi connectivity index (χ1v) is 6.39. The van der Waals surface area contributed by atoms with Crippen LogP contribution in [0.2, 0.25) is 0 Å². The number of hydrogen-bond acceptors (Lipinski definition) is 3. The maximum atomic E-state index is 5.17. The Kier molecular flexibility index (Phi) is 4.13. The second kappa shape index (κ2) is 5.61. The first-order valence-electron chi connectivity index (χ1n) is 6.39. The van der Waals surface area contributed by atoms with Gasteiger partial charge in [0.05, 0.1) is 5.69 Å². The maximum Gasteiger partial charge on any atom is 0.0570 e. The summed E-state index contributed by atoms with van der Waals surface area (Å²) in [6, 6.07) is 6.40. The molecule has 94 valence electrons. The van der Waals surface area contributed by atoms with Gasteiger partial charge in [-0.2, -0.15) is 0 Å². The van der Waals surface area contributed by atoms with Crippen LogP contribution < -0.4 is 5.32 Å². The average Bonchev–Trinajstić information content (AvgIpc) is 3.15. The minimum absolute atomic E-state index is 0.330. The summed E-state index contributed by atoms with van der Waals surface area (Å²) in [6.07, 6.45) is 5.69. The lowest BCUT2D eigenvalue weighted by Gasteiger charge is -2.19. The van der Waals surface area contributed by atoms with E-state index in [0.717, 1.165) is 18.8 Å². The summed E-state index contributed by atoms with van der Waals surface area (Å²) in [5.74, 6) is 0. The van der Waals surface area contributed by atoms with E-state index in [2.05, 4.69) is 23.3 Å². The minimum atomic E-state index is 0.330. The third-order valence-electron chi connectivity index (χ3n) is 3.71. The fourth-order valence-electron chi connectivity index (χ4n) is 2.12. The first kappa shape index (κ1) is 12.5. The topological polar surface area (TPSA) is 34.1 Å². The van der Waals surface area contributed by atoms with Crippen LogP contribution >= 0.6 is 0 Å². The number of nitrogens with one attached hydrogen (secondary N) is 1. The number of ether oxygens (including phenoxy) is 1.